The van der Waals surface area contributed by atoms with Crippen LogP contribution in [0.25, 0.3) is 0 Å². The van der Waals surface area contributed by atoms with Crippen LogP contribution in [-0.2, 0) is 25.0 Å². The molecule has 1 aliphatic heterocycles. The summed E-state index contributed by atoms with van der Waals surface area (Å²) in [5.41, 5.74) is -0.203. The molecule has 2 aromatic rings. The van der Waals surface area contributed by atoms with Crippen LogP contribution >= 0.6 is 0 Å². The second-order valence-corrected chi connectivity index (χ2v) is 10.8. The fourth-order valence-electron chi connectivity index (χ4n) is 5.27. The van der Waals surface area contributed by atoms with E-state index < -0.39 is 21.4 Å². The Morgan fingerprint density at radius 3 is 2.29 bits per heavy atom. The Hall–Kier alpha value is -2.72. The molecule has 0 unspecified atom stereocenters. The number of sulfonamides is 1. The van der Waals surface area contributed by atoms with Gasteiger partial charge in [0.1, 0.15) is 27.8 Å². The first-order valence-corrected chi connectivity index (χ1v) is 12.8. The number of carbonyl (C=O) groups excluding carboxylic acids is 2. The van der Waals surface area contributed by atoms with Crippen LogP contribution in [0.4, 0.5) is 4.39 Å². The highest BCUT2D eigenvalue weighted by atomic mass is 32.2. The number of esters is 1. The number of furan rings is 1. The van der Waals surface area contributed by atoms with Crippen LogP contribution < -0.4 is 0 Å². The Kier molecular flexibility index (Phi) is 6.56. The summed E-state index contributed by atoms with van der Waals surface area (Å²) in [5, 5.41) is 0. The molecule has 8 nitrogen and oxygen atoms in total. The molecule has 0 N–H and O–H groups in total. The Bertz CT molecular complexity index is 1210. The van der Waals surface area contributed by atoms with Crippen LogP contribution in [0.1, 0.15) is 53.1 Å². The molecule has 4 rings (SSSR count). The molecule has 1 aromatic heterocycles. The Labute approximate surface area is 198 Å². The highest BCUT2D eigenvalue weighted by Crippen LogP contribution is 2.43. The summed E-state index contributed by atoms with van der Waals surface area (Å²) >= 11 is 0. The van der Waals surface area contributed by atoms with E-state index in [0.29, 0.717) is 18.4 Å². The van der Waals surface area contributed by atoms with Gasteiger partial charge in [-0.05, 0) is 44.4 Å². The molecule has 1 aliphatic carbocycles. The molecule has 1 saturated carbocycles. The standard InChI is InChI=1S/C24H29FN2O6S/c1-16-20(22(28)32-3)21(17(2)33-16)34(30,31)27-13-11-26(12-14-27)23(29)24(9-4-5-10-24)18-7-6-8-19(25)15-18/h6-8,15H,4-5,9-14H2,1-3H3. The van der Waals surface area contributed by atoms with E-state index in [-0.39, 0.29) is 59.9 Å². The first-order valence-electron chi connectivity index (χ1n) is 11.4. The minimum absolute atomic E-state index is 0.0809. The number of piperazine rings is 1. The summed E-state index contributed by atoms with van der Waals surface area (Å²) in [5.74, 6) is -0.944. The van der Waals surface area contributed by atoms with Crippen molar-refractivity contribution in [2.24, 2.45) is 0 Å². The molecule has 34 heavy (non-hydrogen) atoms. The van der Waals surface area contributed by atoms with Gasteiger partial charge in [0.15, 0.2) is 0 Å². The van der Waals surface area contributed by atoms with Gasteiger partial charge in [0, 0.05) is 26.2 Å². The van der Waals surface area contributed by atoms with Crippen LogP contribution in [-0.4, -0.2) is 62.8 Å². The summed E-state index contributed by atoms with van der Waals surface area (Å²) in [6.07, 6.45) is 3.05. The summed E-state index contributed by atoms with van der Waals surface area (Å²) < 4.78 is 52.3. The minimum atomic E-state index is -4.05. The monoisotopic (exact) mass is 492 g/mol. The maximum Gasteiger partial charge on any atom is 0.342 e. The first kappa shape index (κ1) is 24.4. The quantitative estimate of drug-likeness (QED) is 0.595. The van der Waals surface area contributed by atoms with E-state index in [1.54, 1.807) is 17.0 Å². The largest absolute Gasteiger partial charge is 0.465 e. The predicted molar refractivity (Wildman–Crippen MR) is 121 cm³/mol. The maximum atomic E-state index is 14.0. The second kappa shape index (κ2) is 9.14. The van der Waals surface area contributed by atoms with Crippen molar-refractivity contribution in [3.8, 4) is 0 Å². The third-order valence-electron chi connectivity index (χ3n) is 6.96. The van der Waals surface area contributed by atoms with E-state index >= 15 is 0 Å². The fraction of sp³-hybridized carbons (Fsp3) is 0.500. The van der Waals surface area contributed by atoms with Gasteiger partial charge in [0.25, 0.3) is 0 Å². The molecular formula is C24H29FN2O6S. The van der Waals surface area contributed by atoms with Crippen LogP contribution in [0.15, 0.2) is 33.6 Å². The number of methoxy groups -OCH3 is 1. The molecule has 10 heteroatoms. The van der Waals surface area contributed by atoms with Crippen LogP contribution in [0.2, 0.25) is 0 Å². The molecule has 1 amide bonds. The lowest BCUT2D eigenvalue weighted by Gasteiger charge is -2.39. The van der Waals surface area contributed by atoms with E-state index in [4.69, 9.17) is 9.15 Å². The van der Waals surface area contributed by atoms with Gasteiger partial charge < -0.3 is 14.1 Å². The number of ether oxygens (including phenoxy) is 1. The van der Waals surface area contributed by atoms with Crippen molar-refractivity contribution < 1.29 is 31.6 Å². The highest BCUT2D eigenvalue weighted by Gasteiger charge is 2.46. The molecule has 2 heterocycles. The van der Waals surface area contributed by atoms with Gasteiger partial charge in [-0.2, -0.15) is 4.31 Å². The predicted octanol–water partition coefficient (Wildman–Crippen LogP) is 3.17. The van der Waals surface area contributed by atoms with Crippen molar-refractivity contribution in [2.75, 3.05) is 33.3 Å². The average molecular weight is 493 g/mol. The lowest BCUT2D eigenvalue weighted by Crippen LogP contribution is -2.55. The molecule has 0 bridgehead atoms. The molecule has 1 aromatic carbocycles. The first-order chi connectivity index (χ1) is 16.1. The number of aryl methyl sites for hydroxylation is 2. The zero-order valence-electron chi connectivity index (χ0n) is 19.6. The third-order valence-corrected chi connectivity index (χ3v) is 9.01. The van der Waals surface area contributed by atoms with Gasteiger partial charge in [-0.25, -0.2) is 17.6 Å². The van der Waals surface area contributed by atoms with Crippen LogP contribution in [0.3, 0.4) is 0 Å². The molecule has 184 valence electrons. The number of rotatable bonds is 5. The summed E-state index contributed by atoms with van der Waals surface area (Å²) in [4.78, 5) is 27.4. The van der Waals surface area contributed by atoms with Crippen molar-refractivity contribution in [2.45, 2.75) is 49.8 Å². The van der Waals surface area contributed by atoms with Gasteiger partial charge in [0.2, 0.25) is 15.9 Å². The lowest BCUT2D eigenvalue weighted by atomic mass is 9.77. The van der Waals surface area contributed by atoms with Crippen molar-refractivity contribution >= 4 is 21.9 Å². The van der Waals surface area contributed by atoms with Gasteiger partial charge >= 0.3 is 5.97 Å². The minimum Gasteiger partial charge on any atom is -0.465 e. The Balaban J connectivity index is 1.56. The molecule has 0 atom stereocenters. The number of nitrogens with zero attached hydrogens (tertiary/aromatic N) is 2. The third kappa shape index (κ3) is 4.02. The van der Waals surface area contributed by atoms with Crippen molar-refractivity contribution in [1.29, 1.82) is 0 Å². The van der Waals surface area contributed by atoms with Gasteiger partial charge in [-0.3, -0.25) is 4.79 Å². The normalized spacial score (nSPS) is 18.8. The van der Waals surface area contributed by atoms with Gasteiger partial charge in [-0.15, -0.1) is 0 Å². The summed E-state index contributed by atoms with van der Waals surface area (Å²) in [7, 11) is -2.86. The van der Waals surface area contributed by atoms with Gasteiger partial charge in [0.05, 0.1) is 12.5 Å². The molecule has 0 radical (unpaired) electrons. The maximum absolute atomic E-state index is 14.0. The van der Waals surface area contributed by atoms with Crippen LogP contribution in [0.5, 0.6) is 0 Å². The zero-order chi connectivity index (χ0) is 24.7. The summed E-state index contributed by atoms with van der Waals surface area (Å²) in [6.45, 7) is 3.59. The van der Waals surface area contributed by atoms with E-state index in [9.17, 15) is 22.4 Å². The van der Waals surface area contributed by atoms with E-state index in [1.165, 1.54) is 37.4 Å². The highest BCUT2D eigenvalue weighted by molar-refractivity contribution is 7.89. The number of amides is 1. The Morgan fingerprint density at radius 1 is 1.06 bits per heavy atom. The van der Waals surface area contributed by atoms with Crippen molar-refractivity contribution in [1.82, 2.24) is 9.21 Å². The topological polar surface area (TPSA) is 97.1 Å². The molecule has 2 fully saturated rings. The van der Waals surface area contributed by atoms with Crippen molar-refractivity contribution in [3.63, 3.8) is 0 Å². The molecular weight excluding hydrogens is 463 g/mol. The van der Waals surface area contributed by atoms with E-state index in [1.807, 2.05) is 0 Å². The number of hydrogen-bond donors (Lipinski definition) is 0. The Morgan fingerprint density at radius 2 is 1.71 bits per heavy atom. The number of benzene rings is 1. The SMILES string of the molecule is COC(=O)c1c(C)oc(C)c1S(=O)(=O)N1CCN(C(=O)C2(c3cccc(F)c3)CCCC2)CC1. The smallest absolute Gasteiger partial charge is 0.342 e. The van der Waals surface area contributed by atoms with Crippen LogP contribution in [0, 0.1) is 19.7 Å². The number of halogens is 1. The molecule has 0 spiro atoms. The fourth-order valence-corrected chi connectivity index (χ4v) is 7.06. The molecule has 1 saturated heterocycles. The second-order valence-electron chi connectivity index (χ2n) is 8.91. The zero-order valence-corrected chi connectivity index (χ0v) is 20.4. The van der Waals surface area contributed by atoms with E-state index in [0.717, 1.165) is 12.8 Å². The molecule has 2 aliphatic rings. The number of carbonyl (C=O) groups is 2. The van der Waals surface area contributed by atoms with E-state index in [2.05, 4.69) is 0 Å². The lowest BCUT2D eigenvalue weighted by molar-refractivity contribution is -0.138. The summed E-state index contributed by atoms with van der Waals surface area (Å²) in [6, 6.07) is 6.21. The van der Waals surface area contributed by atoms with Gasteiger partial charge in [-0.1, -0.05) is 25.0 Å². The van der Waals surface area contributed by atoms with Crippen molar-refractivity contribution in [3.05, 3.63) is 52.7 Å². The number of hydrogen-bond acceptors (Lipinski definition) is 6. The average Bonchev–Trinajstić information content (AvgIpc) is 3.43.